The van der Waals surface area contributed by atoms with Crippen LogP contribution in [0.2, 0.25) is 0 Å². The molecular weight excluding hydrogens is 382 g/mol. The number of carbonyl (C=O) groups excluding carboxylic acids is 1. The van der Waals surface area contributed by atoms with Gasteiger partial charge in [0.25, 0.3) is 0 Å². The van der Waals surface area contributed by atoms with Crippen molar-refractivity contribution in [2.24, 2.45) is 5.92 Å². The number of aliphatic carboxylic acids is 1. The van der Waals surface area contributed by atoms with Crippen LogP contribution in [0, 0.1) is 17.2 Å². The summed E-state index contributed by atoms with van der Waals surface area (Å²) in [5.74, 6) is -2.10. The number of aliphatic hydroxyl groups is 1. The lowest BCUT2D eigenvalue weighted by Gasteiger charge is -2.44. The van der Waals surface area contributed by atoms with Crippen LogP contribution in [-0.2, 0) is 9.59 Å². The van der Waals surface area contributed by atoms with Crippen molar-refractivity contribution >= 4 is 39.1 Å². The monoisotopic (exact) mass is 399 g/mol. The molecule has 0 bridgehead atoms. The molecule has 1 saturated heterocycles. The quantitative estimate of drug-likeness (QED) is 0.517. The molecule has 1 aromatic heterocycles. The van der Waals surface area contributed by atoms with Crippen molar-refractivity contribution in [1.29, 1.82) is 5.26 Å². The third kappa shape index (κ3) is 2.38. The Morgan fingerprint density at radius 1 is 1.23 bits per heavy atom. The molecular formula is C23H17N3O4. The molecule has 7 nitrogen and oxygen atoms in total. The van der Waals surface area contributed by atoms with Gasteiger partial charge in [0.2, 0.25) is 5.91 Å². The molecule has 7 heteroatoms. The van der Waals surface area contributed by atoms with Crippen LogP contribution >= 0.6 is 0 Å². The van der Waals surface area contributed by atoms with Crippen LogP contribution in [0.25, 0.3) is 27.2 Å². The van der Waals surface area contributed by atoms with Crippen molar-refractivity contribution in [1.82, 2.24) is 9.88 Å². The summed E-state index contributed by atoms with van der Waals surface area (Å²) >= 11 is 0. The molecule has 0 radical (unpaired) electrons. The van der Waals surface area contributed by atoms with E-state index in [1.165, 1.54) is 4.90 Å². The zero-order valence-electron chi connectivity index (χ0n) is 16.0. The van der Waals surface area contributed by atoms with E-state index in [0.717, 1.165) is 16.2 Å². The van der Waals surface area contributed by atoms with Gasteiger partial charge in [0.15, 0.2) is 0 Å². The Hall–Kier alpha value is -3.76. The van der Waals surface area contributed by atoms with E-state index in [2.05, 4.69) is 11.1 Å². The van der Waals surface area contributed by atoms with Gasteiger partial charge < -0.3 is 15.1 Å². The number of carboxylic acid groups (broad SMARTS) is 1. The van der Waals surface area contributed by atoms with Crippen molar-refractivity contribution in [3.63, 3.8) is 0 Å². The molecule has 0 saturated carbocycles. The Balaban J connectivity index is 1.70. The summed E-state index contributed by atoms with van der Waals surface area (Å²) in [5, 5.41) is 31.6. The number of rotatable bonds is 3. The fraction of sp³-hybridized carbons (Fsp3) is 0.217. The SMILES string of the molecule is C[C@@H](O)[C@H]1C(=O)N2C(C(=O)O)=C(c3ccc4nc(C#N)c5ccccc5c4c3)C[C@H]12. The third-order valence-corrected chi connectivity index (χ3v) is 6.09. The maximum Gasteiger partial charge on any atom is 0.352 e. The van der Waals surface area contributed by atoms with Crippen LogP contribution in [0.15, 0.2) is 48.2 Å². The number of aliphatic hydroxyl groups excluding tert-OH is 1. The normalized spacial score (nSPS) is 21.5. The summed E-state index contributed by atoms with van der Waals surface area (Å²) in [5.41, 5.74) is 2.23. The Bertz CT molecular complexity index is 1340. The fourth-order valence-electron chi connectivity index (χ4n) is 4.75. The van der Waals surface area contributed by atoms with E-state index in [9.17, 15) is 25.1 Å². The molecule has 148 valence electrons. The molecule has 2 aromatic carbocycles. The number of pyridine rings is 1. The number of aromatic nitrogens is 1. The van der Waals surface area contributed by atoms with E-state index >= 15 is 0 Å². The van der Waals surface area contributed by atoms with Crippen molar-refractivity contribution < 1.29 is 19.8 Å². The Morgan fingerprint density at radius 3 is 2.63 bits per heavy atom. The van der Waals surface area contributed by atoms with E-state index in [4.69, 9.17) is 0 Å². The summed E-state index contributed by atoms with van der Waals surface area (Å²) in [4.78, 5) is 30.2. The highest BCUT2D eigenvalue weighted by Gasteiger charge is 2.56. The zero-order chi connectivity index (χ0) is 21.2. The highest BCUT2D eigenvalue weighted by atomic mass is 16.4. The Labute approximate surface area is 171 Å². The lowest BCUT2D eigenvalue weighted by Crippen LogP contribution is -2.61. The van der Waals surface area contributed by atoms with Gasteiger partial charge >= 0.3 is 5.97 Å². The summed E-state index contributed by atoms with van der Waals surface area (Å²) in [6.07, 6.45) is -0.460. The third-order valence-electron chi connectivity index (χ3n) is 6.09. The first-order valence-corrected chi connectivity index (χ1v) is 9.63. The second kappa shape index (κ2) is 6.37. The number of β-lactam (4-membered cyclic amide) rings is 1. The number of carbonyl (C=O) groups is 2. The van der Waals surface area contributed by atoms with Gasteiger partial charge in [-0.05, 0) is 42.0 Å². The molecule has 1 fully saturated rings. The van der Waals surface area contributed by atoms with Gasteiger partial charge in [-0.1, -0.05) is 30.3 Å². The van der Waals surface area contributed by atoms with Gasteiger partial charge in [0, 0.05) is 10.8 Å². The predicted octanol–water partition coefficient (Wildman–Crippen LogP) is 2.67. The fourth-order valence-corrected chi connectivity index (χ4v) is 4.75. The standard InChI is InChI=1S/C23H17N3O4/c1-11(27)20-19-9-15(21(23(29)30)26(19)22(20)28)12-6-7-17-16(8-12)13-4-2-3-5-14(13)18(10-24)25-17/h2-8,11,19-20,27H,9H2,1H3,(H,29,30)/t11-,19-,20-/m1/s1. The van der Waals surface area contributed by atoms with E-state index in [0.29, 0.717) is 28.8 Å². The second-order valence-electron chi connectivity index (χ2n) is 7.73. The first-order valence-electron chi connectivity index (χ1n) is 9.63. The molecule has 0 unspecified atom stereocenters. The summed E-state index contributed by atoms with van der Waals surface area (Å²) < 4.78 is 0. The molecule has 2 N–H and O–H groups in total. The second-order valence-corrected chi connectivity index (χ2v) is 7.73. The van der Waals surface area contributed by atoms with Gasteiger partial charge in [0.05, 0.1) is 23.6 Å². The molecule has 3 atom stereocenters. The lowest BCUT2D eigenvalue weighted by molar-refractivity contribution is -0.161. The number of hydrogen-bond donors (Lipinski definition) is 2. The lowest BCUT2D eigenvalue weighted by atomic mass is 9.82. The molecule has 30 heavy (non-hydrogen) atoms. The van der Waals surface area contributed by atoms with Crippen molar-refractivity contribution in [3.05, 3.63) is 59.4 Å². The summed E-state index contributed by atoms with van der Waals surface area (Å²) in [6.45, 7) is 1.55. The summed E-state index contributed by atoms with van der Waals surface area (Å²) in [7, 11) is 0. The van der Waals surface area contributed by atoms with Crippen molar-refractivity contribution in [2.75, 3.05) is 0 Å². The minimum atomic E-state index is -1.16. The van der Waals surface area contributed by atoms with E-state index in [-0.39, 0.29) is 17.6 Å². The zero-order valence-corrected chi connectivity index (χ0v) is 16.0. The van der Waals surface area contributed by atoms with E-state index in [1.807, 2.05) is 30.3 Å². The molecule has 1 amide bonds. The highest BCUT2D eigenvalue weighted by molar-refractivity contribution is 6.10. The van der Waals surface area contributed by atoms with Crippen molar-refractivity contribution in [3.8, 4) is 6.07 Å². The largest absolute Gasteiger partial charge is 0.477 e. The van der Waals surface area contributed by atoms with Gasteiger partial charge in [-0.3, -0.25) is 4.79 Å². The van der Waals surface area contributed by atoms with Gasteiger partial charge in [-0.2, -0.15) is 5.26 Å². The van der Waals surface area contributed by atoms with Gasteiger partial charge in [-0.15, -0.1) is 0 Å². The first kappa shape index (κ1) is 18.3. The Kier molecular flexibility index (Phi) is 3.88. The van der Waals surface area contributed by atoms with E-state index in [1.54, 1.807) is 19.1 Å². The topological polar surface area (TPSA) is 115 Å². The summed E-state index contributed by atoms with van der Waals surface area (Å²) in [6, 6.07) is 14.7. The van der Waals surface area contributed by atoms with E-state index < -0.39 is 18.0 Å². The molecule has 2 aliphatic heterocycles. The highest BCUT2D eigenvalue weighted by Crippen LogP contribution is 2.47. The van der Waals surface area contributed by atoms with Crippen LogP contribution in [0.4, 0.5) is 0 Å². The van der Waals surface area contributed by atoms with Crippen LogP contribution in [0.3, 0.4) is 0 Å². The number of fused-ring (bicyclic) bond motifs is 4. The number of hydrogen-bond acceptors (Lipinski definition) is 5. The number of carboxylic acids is 1. The molecule has 0 spiro atoms. The maximum atomic E-state index is 12.5. The average Bonchev–Trinajstić information content (AvgIpc) is 3.07. The average molecular weight is 399 g/mol. The number of nitrogens with zero attached hydrogens (tertiary/aromatic N) is 3. The van der Waals surface area contributed by atoms with Crippen LogP contribution in [0.1, 0.15) is 24.6 Å². The molecule has 3 heterocycles. The Morgan fingerprint density at radius 2 is 1.97 bits per heavy atom. The van der Waals surface area contributed by atoms with Crippen LogP contribution in [0.5, 0.6) is 0 Å². The molecule has 5 rings (SSSR count). The number of amides is 1. The molecule has 2 aliphatic rings. The van der Waals surface area contributed by atoms with Crippen LogP contribution in [-0.4, -0.2) is 44.1 Å². The van der Waals surface area contributed by atoms with Crippen LogP contribution < -0.4 is 0 Å². The molecule has 3 aromatic rings. The minimum Gasteiger partial charge on any atom is -0.477 e. The minimum absolute atomic E-state index is 0.0211. The maximum absolute atomic E-state index is 12.5. The van der Waals surface area contributed by atoms with Gasteiger partial charge in [-0.25, -0.2) is 9.78 Å². The number of benzene rings is 2. The predicted molar refractivity (Wildman–Crippen MR) is 109 cm³/mol. The first-order chi connectivity index (χ1) is 14.4. The number of nitriles is 1. The van der Waals surface area contributed by atoms with Crippen molar-refractivity contribution in [2.45, 2.75) is 25.5 Å². The molecule has 0 aliphatic carbocycles. The van der Waals surface area contributed by atoms with Gasteiger partial charge in [0.1, 0.15) is 17.5 Å². The smallest absolute Gasteiger partial charge is 0.352 e.